The molecule has 3 heterocycles. The van der Waals surface area contributed by atoms with Crippen molar-refractivity contribution in [2.24, 2.45) is 0 Å². The summed E-state index contributed by atoms with van der Waals surface area (Å²) in [6, 6.07) is 13.2. The lowest BCUT2D eigenvalue weighted by Gasteiger charge is -2.36. The summed E-state index contributed by atoms with van der Waals surface area (Å²) in [6.07, 6.45) is 3.79. The maximum absolute atomic E-state index is 13.9. The Kier molecular flexibility index (Phi) is 7.74. The first-order valence-electron chi connectivity index (χ1n) is 12.8. The first-order valence-corrected chi connectivity index (χ1v) is 13.8. The van der Waals surface area contributed by atoms with E-state index in [1.165, 1.54) is 23.1 Å². The highest BCUT2D eigenvalue weighted by Crippen LogP contribution is 2.23. The van der Waals surface area contributed by atoms with Gasteiger partial charge in [-0.25, -0.2) is 9.37 Å². The van der Waals surface area contributed by atoms with Crippen LogP contribution in [0.3, 0.4) is 0 Å². The molecule has 0 bridgehead atoms. The number of hydrogen-bond donors (Lipinski definition) is 1. The van der Waals surface area contributed by atoms with E-state index >= 15 is 0 Å². The Labute approximate surface area is 215 Å². The number of hydrogen-bond acceptors (Lipinski definition) is 5. The Morgan fingerprint density at radius 1 is 1.06 bits per heavy atom. The molecule has 5 rings (SSSR count). The zero-order chi connectivity index (χ0) is 25.1. The topological polar surface area (TPSA) is 57.2 Å². The van der Waals surface area contributed by atoms with Crippen LogP contribution in [0.5, 0.6) is 0 Å². The van der Waals surface area contributed by atoms with Crippen molar-refractivity contribution in [1.29, 1.82) is 0 Å². The summed E-state index contributed by atoms with van der Waals surface area (Å²) in [5, 5.41) is 2.29. The monoisotopic (exact) mass is 507 g/mol. The van der Waals surface area contributed by atoms with E-state index in [4.69, 9.17) is 4.98 Å². The molecular weight excluding hydrogens is 473 g/mol. The molecule has 0 unspecified atom stereocenters. The predicted octanol–water partition coefficient (Wildman–Crippen LogP) is 4.77. The van der Waals surface area contributed by atoms with Crippen LogP contribution in [-0.2, 0) is 13.0 Å². The molecule has 0 radical (unpaired) electrons. The zero-order valence-corrected chi connectivity index (χ0v) is 21.9. The van der Waals surface area contributed by atoms with E-state index in [0.29, 0.717) is 28.6 Å². The van der Waals surface area contributed by atoms with E-state index in [0.717, 1.165) is 56.8 Å². The molecule has 0 spiro atoms. The molecular formula is C28H34FN5OS. The van der Waals surface area contributed by atoms with Crippen molar-refractivity contribution in [1.82, 2.24) is 24.3 Å². The lowest BCUT2D eigenvalue weighted by molar-refractivity contribution is 0.107. The minimum Gasteiger partial charge on any atom is -0.361 e. The first-order chi connectivity index (χ1) is 17.5. The van der Waals surface area contributed by atoms with Crippen molar-refractivity contribution in [3.8, 4) is 0 Å². The predicted molar refractivity (Wildman–Crippen MR) is 146 cm³/mol. The second-order valence-electron chi connectivity index (χ2n) is 9.80. The molecule has 190 valence electrons. The summed E-state index contributed by atoms with van der Waals surface area (Å²) in [4.78, 5) is 26.5. The lowest BCUT2D eigenvalue weighted by Crippen LogP contribution is -2.49. The van der Waals surface area contributed by atoms with Gasteiger partial charge in [0.15, 0.2) is 5.16 Å². The van der Waals surface area contributed by atoms with Gasteiger partial charge in [-0.2, -0.15) is 0 Å². The van der Waals surface area contributed by atoms with Crippen LogP contribution in [0.15, 0.2) is 58.6 Å². The number of para-hydroxylation sites is 1. The fourth-order valence-electron chi connectivity index (χ4n) is 5.03. The van der Waals surface area contributed by atoms with Crippen LogP contribution in [-0.4, -0.2) is 68.9 Å². The Hall–Kier alpha value is -2.68. The second-order valence-corrected chi connectivity index (χ2v) is 10.9. The molecule has 1 aliphatic heterocycles. The summed E-state index contributed by atoms with van der Waals surface area (Å²) in [7, 11) is 0. The van der Waals surface area contributed by atoms with Crippen molar-refractivity contribution in [3.05, 3.63) is 70.4 Å². The summed E-state index contributed by atoms with van der Waals surface area (Å²) >= 11 is 1.60. The largest absolute Gasteiger partial charge is 0.361 e. The Balaban J connectivity index is 1.29. The van der Waals surface area contributed by atoms with Gasteiger partial charge in [-0.05, 0) is 63.1 Å². The number of rotatable bonds is 9. The third-order valence-corrected chi connectivity index (χ3v) is 8.13. The minimum absolute atomic E-state index is 0.154. The van der Waals surface area contributed by atoms with Crippen LogP contribution in [0.1, 0.15) is 25.8 Å². The number of piperazine rings is 1. The highest BCUT2D eigenvalue weighted by atomic mass is 32.2. The number of nitrogens with zero attached hydrogens (tertiary/aromatic N) is 4. The molecule has 4 aromatic rings. The maximum Gasteiger partial charge on any atom is 0.262 e. The number of aromatic nitrogens is 3. The molecule has 2 aromatic heterocycles. The third-order valence-electron chi connectivity index (χ3n) is 7.15. The number of halogens is 1. The van der Waals surface area contributed by atoms with Crippen LogP contribution in [0.2, 0.25) is 0 Å². The van der Waals surface area contributed by atoms with E-state index in [1.807, 2.05) is 6.07 Å². The van der Waals surface area contributed by atoms with Crippen molar-refractivity contribution in [2.45, 2.75) is 44.4 Å². The average molecular weight is 508 g/mol. The highest BCUT2D eigenvalue weighted by Gasteiger charge is 2.19. The average Bonchev–Trinajstić information content (AvgIpc) is 3.29. The SMILES string of the molecule is CC(C)N1CCN(CCCn2c(SCCc3c[nH]c4ccccc34)nc3ccc(F)cc3c2=O)CC1. The van der Waals surface area contributed by atoms with Crippen LogP contribution in [0, 0.1) is 5.82 Å². The van der Waals surface area contributed by atoms with Gasteiger partial charge >= 0.3 is 0 Å². The molecule has 6 nitrogen and oxygen atoms in total. The van der Waals surface area contributed by atoms with Gasteiger partial charge in [0, 0.05) is 61.6 Å². The van der Waals surface area contributed by atoms with Crippen LogP contribution >= 0.6 is 11.8 Å². The number of benzene rings is 2. The van der Waals surface area contributed by atoms with Crippen LogP contribution in [0.25, 0.3) is 21.8 Å². The summed E-state index contributed by atoms with van der Waals surface area (Å²) in [5.41, 5.74) is 2.79. The first kappa shape index (κ1) is 25.0. The summed E-state index contributed by atoms with van der Waals surface area (Å²) < 4.78 is 15.7. The second kappa shape index (κ2) is 11.2. The van der Waals surface area contributed by atoms with E-state index in [2.05, 4.69) is 53.0 Å². The highest BCUT2D eigenvalue weighted by molar-refractivity contribution is 7.99. The molecule has 0 amide bonds. The number of nitrogens with one attached hydrogen (secondary N) is 1. The fourth-order valence-corrected chi connectivity index (χ4v) is 6.02. The lowest BCUT2D eigenvalue weighted by atomic mass is 10.1. The molecule has 2 aromatic carbocycles. The molecule has 1 aliphatic rings. The van der Waals surface area contributed by atoms with Gasteiger partial charge in [-0.1, -0.05) is 30.0 Å². The Bertz CT molecular complexity index is 1390. The molecule has 1 N–H and O–H groups in total. The molecule has 0 saturated carbocycles. The third kappa shape index (κ3) is 5.51. The molecule has 36 heavy (non-hydrogen) atoms. The minimum atomic E-state index is -0.407. The van der Waals surface area contributed by atoms with Crippen LogP contribution in [0.4, 0.5) is 4.39 Å². The van der Waals surface area contributed by atoms with Gasteiger partial charge in [0.25, 0.3) is 5.56 Å². The normalized spacial score (nSPS) is 15.4. The van der Waals surface area contributed by atoms with Crippen molar-refractivity contribution in [2.75, 3.05) is 38.5 Å². The molecule has 1 saturated heterocycles. The Morgan fingerprint density at radius 3 is 2.67 bits per heavy atom. The number of fused-ring (bicyclic) bond motifs is 2. The van der Waals surface area contributed by atoms with E-state index < -0.39 is 5.82 Å². The quantitative estimate of drug-likeness (QED) is 0.261. The van der Waals surface area contributed by atoms with Crippen LogP contribution < -0.4 is 5.56 Å². The smallest absolute Gasteiger partial charge is 0.262 e. The molecule has 0 aliphatic carbocycles. The van der Waals surface area contributed by atoms with E-state index in [9.17, 15) is 9.18 Å². The number of thioether (sulfide) groups is 1. The number of aryl methyl sites for hydroxylation is 1. The standard InChI is InChI=1S/C28H34FN5OS/c1-20(2)33-15-13-32(14-16-33)11-5-12-34-27(35)24-18-22(29)8-9-26(24)31-28(34)36-17-10-21-19-30-25-7-4-3-6-23(21)25/h3-4,6-9,18-20,30H,5,10-17H2,1-2H3. The number of aromatic amines is 1. The fraction of sp³-hybridized carbons (Fsp3) is 0.429. The number of H-pyrrole nitrogens is 1. The van der Waals surface area contributed by atoms with Gasteiger partial charge in [-0.15, -0.1) is 0 Å². The van der Waals surface area contributed by atoms with Gasteiger partial charge in [0.1, 0.15) is 5.82 Å². The van der Waals surface area contributed by atoms with Crippen molar-refractivity contribution < 1.29 is 4.39 Å². The summed E-state index contributed by atoms with van der Waals surface area (Å²) in [5.74, 6) is 0.397. The van der Waals surface area contributed by atoms with Gasteiger partial charge < -0.3 is 9.88 Å². The Morgan fingerprint density at radius 2 is 1.86 bits per heavy atom. The van der Waals surface area contributed by atoms with E-state index in [1.54, 1.807) is 22.4 Å². The van der Waals surface area contributed by atoms with Gasteiger partial charge in [0.05, 0.1) is 10.9 Å². The van der Waals surface area contributed by atoms with Crippen molar-refractivity contribution >= 4 is 33.6 Å². The summed E-state index contributed by atoms with van der Waals surface area (Å²) in [6.45, 7) is 10.3. The zero-order valence-electron chi connectivity index (χ0n) is 21.0. The van der Waals surface area contributed by atoms with Gasteiger partial charge in [-0.3, -0.25) is 14.3 Å². The van der Waals surface area contributed by atoms with E-state index in [-0.39, 0.29) is 5.56 Å². The van der Waals surface area contributed by atoms with Gasteiger partial charge in [0.2, 0.25) is 0 Å². The van der Waals surface area contributed by atoms with Crippen molar-refractivity contribution in [3.63, 3.8) is 0 Å². The molecule has 1 fully saturated rings. The maximum atomic E-state index is 13.9. The molecule has 0 atom stereocenters. The molecule has 8 heteroatoms.